The molecular weight excluding hydrogens is 300 g/mol. The first kappa shape index (κ1) is 17.8. The maximum absolute atomic E-state index is 12.5. The molecule has 0 unspecified atom stereocenters. The van der Waals surface area contributed by atoms with Crippen LogP contribution in [0.1, 0.15) is 36.7 Å². The minimum absolute atomic E-state index is 0.0890. The number of rotatable bonds is 8. The first-order valence-electron chi connectivity index (χ1n) is 8.21. The van der Waals surface area contributed by atoms with E-state index >= 15 is 0 Å². The van der Waals surface area contributed by atoms with Crippen LogP contribution < -0.4 is 9.47 Å². The maximum Gasteiger partial charge on any atom is 0.193 e. The molecule has 0 saturated heterocycles. The van der Waals surface area contributed by atoms with E-state index < -0.39 is 0 Å². The number of hydrogen-bond donors (Lipinski definition) is 0. The number of carbonyl (C=O) groups is 1. The number of Topliss-reactive ketones (excluding diaryl/α,β-unsaturated/α-hetero) is 1. The second kappa shape index (κ2) is 8.34. The summed E-state index contributed by atoms with van der Waals surface area (Å²) in [6.45, 7) is 11.3. The lowest BCUT2D eigenvalue weighted by Crippen LogP contribution is -2.05. The van der Waals surface area contributed by atoms with E-state index in [-0.39, 0.29) is 5.78 Å². The predicted molar refractivity (Wildman–Crippen MR) is 97.8 cm³/mol. The number of allylic oxidation sites excluding steroid dienone is 1. The van der Waals surface area contributed by atoms with Gasteiger partial charge in [-0.3, -0.25) is 4.79 Å². The predicted octanol–water partition coefficient (Wildman–Crippen LogP) is 5.02. The van der Waals surface area contributed by atoms with Gasteiger partial charge in [0, 0.05) is 11.1 Å². The lowest BCUT2D eigenvalue weighted by molar-refractivity contribution is 0.105. The fourth-order valence-electron chi connectivity index (χ4n) is 2.19. The number of ketones is 1. The summed E-state index contributed by atoms with van der Waals surface area (Å²) in [7, 11) is 0. The second-order valence-electron chi connectivity index (χ2n) is 5.99. The molecule has 0 radical (unpaired) electrons. The summed E-state index contributed by atoms with van der Waals surface area (Å²) >= 11 is 0. The molecule has 0 aliphatic rings. The molecule has 2 aromatic rings. The fraction of sp³-hybridized carbons (Fsp3) is 0.286. The number of hydrogen-bond acceptors (Lipinski definition) is 3. The van der Waals surface area contributed by atoms with E-state index in [1.54, 1.807) is 24.3 Å². The smallest absolute Gasteiger partial charge is 0.193 e. The normalized spacial score (nSPS) is 10.5. The van der Waals surface area contributed by atoms with Crippen molar-refractivity contribution in [3.63, 3.8) is 0 Å². The Morgan fingerprint density at radius 2 is 1.42 bits per heavy atom. The highest BCUT2D eigenvalue weighted by Gasteiger charge is 2.12. The molecule has 0 N–H and O–H groups in total. The van der Waals surface area contributed by atoms with Crippen LogP contribution in [0.5, 0.6) is 11.5 Å². The van der Waals surface area contributed by atoms with Gasteiger partial charge in [0.25, 0.3) is 0 Å². The van der Waals surface area contributed by atoms with Crippen LogP contribution in [0.3, 0.4) is 0 Å². The Labute approximate surface area is 143 Å². The van der Waals surface area contributed by atoms with Gasteiger partial charge in [0.1, 0.15) is 11.5 Å². The van der Waals surface area contributed by atoms with E-state index in [9.17, 15) is 4.79 Å². The molecule has 0 fully saturated rings. The molecule has 0 aromatic heterocycles. The van der Waals surface area contributed by atoms with Gasteiger partial charge in [0.05, 0.1) is 13.2 Å². The van der Waals surface area contributed by atoms with Crippen molar-refractivity contribution in [2.24, 2.45) is 5.92 Å². The SMILES string of the molecule is C=C(C(=O)c1ccc(OCC)cc1)c1ccc(OCC(C)C)cc1. The zero-order chi connectivity index (χ0) is 17.5. The van der Waals surface area contributed by atoms with Gasteiger partial charge in [-0.1, -0.05) is 32.6 Å². The monoisotopic (exact) mass is 324 g/mol. The molecular formula is C21H24O3. The average molecular weight is 324 g/mol. The van der Waals surface area contributed by atoms with E-state index in [1.807, 2.05) is 31.2 Å². The highest BCUT2D eigenvalue weighted by molar-refractivity contribution is 6.28. The van der Waals surface area contributed by atoms with Gasteiger partial charge < -0.3 is 9.47 Å². The molecule has 2 aromatic carbocycles. The van der Waals surface area contributed by atoms with Gasteiger partial charge in [0.2, 0.25) is 0 Å². The Morgan fingerprint density at radius 3 is 1.92 bits per heavy atom. The van der Waals surface area contributed by atoms with Crippen LogP contribution in [-0.2, 0) is 0 Å². The molecule has 0 aliphatic carbocycles. The fourth-order valence-corrected chi connectivity index (χ4v) is 2.19. The first-order chi connectivity index (χ1) is 11.5. The Balaban J connectivity index is 2.05. The standard InChI is InChI=1S/C21H24O3/c1-5-23-19-12-8-18(9-13-19)21(22)16(4)17-6-10-20(11-7-17)24-14-15(2)3/h6-13,15H,4-5,14H2,1-3H3. The summed E-state index contributed by atoms with van der Waals surface area (Å²) in [5.74, 6) is 1.94. The molecule has 2 rings (SSSR count). The van der Waals surface area contributed by atoms with E-state index in [0.717, 1.165) is 17.1 Å². The van der Waals surface area contributed by atoms with Crippen LogP contribution >= 0.6 is 0 Å². The zero-order valence-electron chi connectivity index (χ0n) is 14.5. The Hall–Kier alpha value is -2.55. The lowest BCUT2D eigenvalue weighted by Gasteiger charge is -2.10. The van der Waals surface area contributed by atoms with Crippen molar-refractivity contribution >= 4 is 11.4 Å². The quantitative estimate of drug-likeness (QED) is 0.505. The second-order valence-corrected chi connectivity index (χ2v) is 5.99. The molecule has 0 bridgehead atoms. The van der Waals surface area contributed by atoms with E-state index in [0.29, 0.717) is 30.3 Å². The molecule has 0 atom stereocenters. The van der Waals surface area contributed by atoms with Crippen molar-refractivity contribution in [1.29, 1.82) is 0 Å². The number of ether oxygens (including phenoxy) is 2. The molecule has 0 amide bonds. The molecule has 0 heterocycles. The number of benzene rings is 2. The van der Waals surface area contributed by atoms with Gasteiger partial charge in [0.15, 0.2) is 5.78 Å². The third-order valence-corrected chi connectivity index (χ3v) is 3.49. The van der Waals surface area contributed by atoms with Gasteiger partial charge in [-0.2, -0.15) is 0 Å². The van der Waals surface area contributed by atoms with Crippen LogP contribution in [0.4, 0.5) is 0 Å². The van der Waals surface area contributed by atoms with Crippen molar-refractivity contribution in [2.45, 2.75) is 20.8 Å². The summed E-state index contributed by atoms with van der Waals surface area (Å²) in [6.07, 6.45) is 0. The van der Waals surface area contributed by atoms with Crippen molar-refractivity contribution < 1.29 is 14.3 Å². The minimum Gasteiger partial charge on any atom is -0.494 e. The third-order valence-electron chi connectivity index (χ3n) is 3.49. The highest BCUT2D eigenvalue weighted by atomic mass is 16.5. The summed E-state index contributed by atoms with van der Waals surface area (Å²) in [5, 5.41) is 0. The van der Waals surface area contributed by atoms with Crippen molar-refractivity contribution in [3.05, 3.63) is 66.2 Å². The molecule has 24 heavy (non-hydrogen) atoms. The van der Waals surface area contributed by atoms with Crippen LogP contribution in [0.2, 0.25) is 0 Å². The lowest BCUT2D eigenvalue weighted by atomic mass is 9.98. The third kappa shape index (κ3) is 4.72. The molecule has 0 spiro atoms. The molecule has 3 nitrogen and oxygen atoms in total. The Morgan fingerprint density at radius 1 is 0.917 bits per heavy atom. The van der Waals surface area contributed by atoms with Crippen molar-refractivity contribution in [1.82, 2.24) is 0 Å². The van der Waals surface area contributed by atoms with Crippen LogP contribution in [-0.4, -0.2) is 19.0 Å². The summed E-state index contributed by atoms with van der Waals surface area (Å²) < 4.78 is 11.0. The van der Waals surface area contributed by atoms with E-state index in [2.05, 4.69) is 20.4 Å². The van der Waals surface area contributed by atoms with E-state index in [1.165, 1.54) is 0 Å². The average Bonchev–Trinajstić information content (AvgIpc) is 2.60. The molecule has 0 saturated carbocycles. The van der Waals surface area contributed by atoms with Gasteiger partial charge in [-0.25, -0.2) is 0 Å². The Kier molecular flexibility index (Phi) is 6.19. The topological polar surface area (TPSA) is 35.5 Å². The molecule has 3 heteroatoms. The molecule has 0 aliphatic heterocycles. The van der Waals surface area contributed by atoms with Crippen molar-refractivity contribution in [3.8, 4) is 11.5 Å². The molecule has 126 valence electrons. The largest absolute Gasteiger partial charge is 0.494 e. The summed E-state index contributed by atoms with van der Waals surface area (Å²) in [6, 6.07) is 14.6. The highest BCUT2D eigenvalue weighted by Crippen LogP contribution is 2.22. The Bertz CT molecular complexity index is 682. The zero-order valence-corrected chi connectivity index (χ0v) is 14.5. The van der Waals surface area contributed by atoms with Gasteiger partial charge in [-0.05, 0) is 54.8 Å². The van der Waals surface area contributed by atoms with E-state index in [4.69, 9.17) is 9.47 Å². The maximum atomic E-state index is 12.5. The van der Waals surface area contributed by atoms with Gasteiger partial charge in [-0.15, -0.1) is 0 Å². The number of carbonyl (C=O) groups excluding carboxylic acids is 1. The van der Waals surface area contributed by atoms with Crippen LogP contribution in [0.15, 0.2) is 55.1 Å². The van der Waals surface area contributed by atoms with Crippen LogP contribution in [0.25, 0.3) is 5.57 Å². The summed E-state index contributed by atoms with van der Waals surface area (Å²) in [5.41, 5.74) is 1.86. The van der Waals surface area contributed by atoms with Crippen molar-refractivity contribution in [2.75, 3.05) is 13.2 Å². The minimum atomic E-state index is -0.0890. The van der Waals surface area contributed by atoms with Crippen LogP contribution in [0, 0.1) is 5.92 Å². The summed E-state index contributed by atoms with van der Waals surface area (Å²) in [4.78, 5) is 12.5. The first-order valence-corrected chi connectivity index (χ1v) is 8.21. The van der Waals surface area contributed by atoms with Gasteiger partial charge >= 0.3 is 0 Å².